The van der Waals surface area contributed by atoms with Gasteiger partial charge in [-0.1, -0.05) is 30.3 Å². The molecule has 144 valence electrons. The van der Waals surface area contributed by atoms with Crippen molar-refractivity contribution in [3.63, 3.8) is 0 Å². The number of hydrogen-bond acceptors (Lipinski definition) is 4. The second-order valence-electron chi connectivity index (χ2n) is 7.57. The Morgan fingerprint density at radius 2 is 2.08 bits per heavy atom. The molecule has 4 nitrogen and oxygen atoms in total. The van der Waals surface area contributed by atoms with E-state index in [1.807, 2.05) is 0 Å². The summed E-state index contributed by atoms with van der Waals surface area (Å²) in [7, 11) is 0. The van der Waals surface area contributed by atoms with Crippen LogP contribution < -0.4 is 5.32 Å². The van der Waals surface area contributed by atoms with Crippen LogP contribution in [-0.4, -0.2) is 36.7 Å². The number of rotatable bonds is 6. The Kier molecular flexibility index (Phi) is 5.92. The van der Waals surface area contributed by atoms with E-state index in [2.05, 4.69) is 5.32 Å². The van der Waals surface area contributed by atoms with Gasteiger partial charge in [0.05, 0.1) is 6.61 Å². The topological polar surface area (TPSA) is 58.6 Å². The molecule has 0 bridgehead atoms. The lowest BCUT2D eigenvalue weighted by molar-refractivity contribution is -0.175. The van der Waals surface area contributed by atoms with Crippen LogP contribution in [0.5, 0.6) is 0 Å². The summed E-state index contributed by atoms with van der Waals surface area (Å²) < 4.78 is 32.8. The second-order valence-corrected chi connectivity index (χ2v) is 7.57. The first-order chi connectivity index (χ1) is 12.4. The Balaban J connectivity index is 1.69. The van der Waals surface area contributed by atoms with Crippen LogP contribution in [0.4, 0.5) is 8.78 Å². The average Bonchev–Trinajstić information content (AvgIpc) is 3.03. The van der Waals surface area contributed by atoms with E-state index in [4.69, 9.17) is 4.74 Å². The molecule has 1 heterocycles. The van der Waals surface area contributed by atoms with Gasteiger partial charge in [-0.15, -0.1) is 0 Å². The van der Waals surface area contributed by atoms with Crippen molar-refractivity contribution in [2.45, 2.75) is 50.0 Å². The molecule has 1 aromatic rings. The SMILES string of the molecule is O=C(OCC[C@@H]1CCCNC1)[C@](O)(c1ccccc1)[C@@H]1CCC(F)(F)C1. The summed E-state index contributed by atoms with van der Waals surface area (Å²) >= 11 is 0. The minimum absolute atomic E-state index is 0.0973. The Hall–Kier alpha value is -1.53. The van der Waals surface area contributed by atoms with Crippen LogP contribution in [0.2, 0.25) is 0 Å². The molecule has 2 aliphatic rings. The van der Waals surface area contributed by atoms with Gasteiger partial charge in [-0.05, 0) is 50.3 Å². The monoisotopic (exact) mass is 367 g/mol. The summed E-state index contributed by atoms with van der Waals surface area (Å²) in [6.07, 6.45) is 2.18. The highest BCUT2D eigenvalue weighted by Crippen LogP contribution is 2.47. The van der Waals surface area contributed by atoms with Crippen molar-refractivity contribution in [2.24, 2.45) is 11.8 Å². The quantitative estimate of drug-likeness (QED) is 0.758. The maximum Gasteiger partial charge on any atom is 0.343 e. The molecule has 0 unspecified atom stereocenters. The predicted octanol–water partition coefficient (Wildman–Crippen LogP) is 3.24. The van der Waals surface area contributed by atoms with Crippen LogP contribution in [0.15, 0.2) is 30.3 Å². The van der Waals surface area contributed by atoms with Gasteiger partial charge in [0, 0.05) is 18.8 Å². The molecule has 0 aromatic heterocycles. The fourth-order valence-electron chi connectivity index (χ4n) is 4.12. The third kappa shape index (κ3) is 4.23. The summed E-state index contributed by atoms with van der Waals surface area (Å²) in [4.78, 5) is 12.8. The number of piperidine rings is 1. The zero-order valence-electron chi connectivity index (χ0n) is 14.9. The van der Waals surface area contributed by atoms with E-state index in [1.165, 1.54) is 0 Å². The van der Waals surface area contributed by atoms with Crippen molar-refractivity contribution in [3.8, 4) is 0 Å². The van der Waals surface area contributed by atoms with Gasteiger partial charge in [0.2, 0.25) is 5.92 Å². The highest BCUT2D eigenvalue weighted by atomic mass is 19.3. The average molecular weight is 367 g/mol. The second kappa shape index (κ2) is 8.01. The number of alkyl halides is 2. The number of aliphatic hydroxyl groups is 1. The molecule has 6 heteroatoms. The van der Waals surface area contributed by atoms with E-state index >= 15 is 0 Å². The summed E-state index contributed by atoms with van der Waals surface area (Å²) in [6.45, 7) is 2.11. The lowest BCUT2D eigenvalue weighted by atomic mass is 9.80. The van der Waals surface area contributed by atoms with Crippen molar-refractivity contribution in [2.75, 3.05) is 19.7 Å². The molecule has 3 atom stereocenters. The fourth-order valence-corrected chi connectivity index (χ4v) is 4.12. The molecule has 2 N–H and O–H groups in total. The third-order valence-electron chi connectivity index (χ3n) is 5.68. The number of halogens is 2. The molecular weight excluding hydrogens is 340 g/mol. The van der Waals surface area contributed by atoms with Gasteiger partial charge in [-0.25, -0.2) is 13.6 Å². The Labute approximate surface area is 152 Å². The van der Waals surface area contributed by atoms with Gasteiger partial charge in [-0.2, -0.15) is 0 Å². The van der Waals surface area contributed by atoms with Crippen LogP contribution in [0.25, 0.3) is 0 Å². The molecule has 1 aliphatic carbocycles. The van der Waals surface area contributed by atoms with Crippen LogP contribution in [0.1, 0.15) is 44.1 Å². The van der Waals surface area contributed by atoms with Crippen molar-refractivity contribution in [1.82, 2.24) is 5.32 Å². The highest BCUT2D eigenvalue weighted by molar-refractivity contribution is 5.81. The number of benzene rings is 1. The summed E-state index contributed by atoms with van der Waals surface area (Å²) in [5.41, 5.74) is -1.70. The molecule has 0 spiro atoms. The largest absolute Gasteiger partial charge is 0.463 e. The number of hydrogen-bond donors (Lipinski definition) is 2. The van der Waals surface area contributed by atoms with Gasteiger partial charge in [0.1, 0.15) is 0 Å². The van der Waals surface area contributed by atoms with Gasteiger partial charge in [-0.3, -0.25) is 0 Å². The van der Waals surface area contributed by atoms with E-state index in [1.54, 1.807) is 30.3 Å². The number of carbonyl (C=O) groups excluding carboxylic acids is 1. The summed E-state index contributed by atoms with van der Waals surface area (Å²) in [5.74, 6) is -4.06. The van der Waals surface area contributed by atoms with E-state index in [-0.39, 0.29) is 19.4 Å². The lowest BCUT2D eigenvalue weighted by Crippen LogP contribution is -2.44. The Morgan fingerprint density at radius 1 is 1.31 bits per heavy atom. The molecule has 1 aliphatic heterocycles. The first kappa shape index (κ1) is 19.2. The first-order valence-corrected chi connectivity index (χ1v) is 9.45. The third-order valence-corrected chi connectivity index (χ3v) is 5.68. The van der Waals surface area contributed by atoms with Crippen molar-refractivity contribution in [3.05, 3.63) is 35.9 Å². The standard InChI is InChI=1S/C20H27F2NO3/c21-19(22)10-8-17(13-19)20(25,16-6-2-1-3-7-16)18(24)26-12-9-15-5-4-11-23-14-15/h1-3,6-7,15,17,23,25H,4-5,8-14H2/t15-,17+,20-/m0/s1. The number of carbonyl (C=O) groups is 1. The molecule has 26 heavy (non-hydrogen) atoms. The van der Waals surface area contributed by atoms with Crippen molar-refractivity contribution >= 4 is 5.97 Å². The Bertz CT molecular complexity index is 604. The smallest absolute Gasteiger partial charge is 0.343 e. The maximum absolute atomic E-state index is 13.7. The Morgan fingerprint density at radius 3 is 2.69 bits per heavy atom. The normalized spacial score (nSPS) is 27.7. The molecule has 0 radical (unpaired) electrons. The van der Waals surface area contributed by atoms with Crippen LogP contribution >= 0.6 is 0 Å². The van der Waals surface area contributed by atoms with Gasteiger partial charge in [0.25, 0.3) is 0 Å². The van der Waals surface area contributed by atoms with E-state index in [0.717, 1.165) is 25.9 Å². The lowest BCUT2D eigenvalue weighted by Gasteiger charge is -2.32. The van der Waals surface area contributed by atoms with Crippen LogP contribution in [0.3, 0.4) is 0 Å². The highest BCUT2D eigenvalue weighted by Gasteiger charge is 2.54. The number of esters is 1. The molecule has 1 saturated heterocycles. The first-order valence-electron chi connectivity index (χ1n) is 9.45. The molecule has 1 saturated carbocycles. The molecule has 3 rings (SSSR count). The summed E-state index contributed by atoms with van der Waals surface area (Å²) in [6, 6.07) is 8.34. The zero-order valence-corrected chi connectivity index (χ0v) is 14.9. The van der Waals surface area contributed by atoms with Crippen molar-refractivity contribution in [1.29, 1.82) is 0 Å². The van der Waals surface area contributed by atoms with Crippen molar-refractivity contribution < 1.29 is 23.4 Å². The van der Waals surface area contributed by atoms with Crippen LogP contribution in [-0.2, 0) is 15.1 Å². The molecular formula is C20H27F2NO3. The molecule has 1 aromatic carbocycles. The molecule has 2 fully saturated rings. The van der Waals surface area contributed by atoms with Gasteiger partial charge >= 0.3 is 5.97 Å². The minimum Gasteiger partial charge on any atom is -0.463 e. The molecule has 0 amide bonds. The number of nitrogens with one attached hydrogen (secondary N) is 1. The van der Waals surface area contributed by atoms with Crippen LogP contribution in [0, 0.1) is 11.8 Å². The van der Waals surface area contributed by atoms with Gasteiger partial charge < -0.3 is 15.2 Å². The maximum atomic E-state index is 13.7. The van der Waals surface area contributed by atoms with E-state index in [0.29, 0.717) is 17.9 Å². The summed E-state index contributed by atoms with van der Waals surface area (Å²) in [5, 5.41) is 14.5. The van der Waals surface area contributed by atoms with E-state index < -0.39 is 29.8 Å². The van der Waals surface area contributed by atoms with E-state index in [9.17, 15) is 18.7 Å². The number of ether oxygens (including phenoxy) is 1. The van der Waals surface area contributed by atoms with Gasteiger partial charge in [0.15, 0.2) is 5.60 Å². The fraction of sp³-hybridized carbons (Fsp3) is 0.650. The zero-order chi connectivity index (χ0) is 18.6. The predicted molar refractivity (Wildman–Crippen MR) is 93.8 cm³/mol. The minimum atomic E-state index is -2.85.